The maximum atomic E-state index is 11.9. The Kier molecular flexibility index (Phi) is 4.61. The molecule has 6 heteroatoms. The third-order valence-corrected chi connectivity index (χ3v) is 2.53. The van der Waals surface area contributed by atoms with Crippen molar-refractivity contribution in [3.8, 4) is 0 Å². The van der Waals surface area contributed by atoms with Gasteiger partial charge in [0.25, 0.3) is 5.69 Å². The Bertz CT molecular complexity index is 480. The summed E-state index contributed by atoms with van der Waals surface area (Å²) in [6.45, 7) is 3.44. The molecule has 19 heavy (non-hydrogen) atoms. The molecule has 1 amide bonds. The predicted octanol–water partition coefficient (Wildman–Crippen LogP) is 1.37. The highest BCUT2D eigenvalue weighted by Crippen LogP contribution is 2.14. The van der Waals surface area contributed by atoms with Crippen molar-refractivity contribution in [3.05, 3.63) is 39.9 Å². The van der Waals surface area contributed by atoms with Gasteiger partial charge in [-0.2, -0.15) is 0 Å². The Morgan fingerprint density at radius 1 is 1.47 bits per heavy atom. The molecule has 0 aliphatic heterocycles. The maximum Gasteiger partial charge on any atom is 0.269 e. The molecule has 1 aromatic rings. The zero-order valence-corrected chi connectivity index (χ0v) is 11.3. The number of likely N-dealkylation sites (N-methyl/N-ethyl adjacent to an activating group) is 1. The van der Waals surface area contributed by atoms with Crippen LogP contribution in [0.2, 0.25) is 0 Å². The minimum atomic E-state index is -0.965. The molecule has 0 aliphatic rings. The van der Waals surface area contributed by atoms with E-state index in [-0.39, 0.29) is 24.6 Å². The first kappa shape index (κ1) is 15.1. The second-order valence-corrected chi connectivity index (χ2v) is 5.17. The van der Waals surface area contributed by atoms with E-state index in [1.54, 1.807) is 33.0 Å². The Balaban J connectivity index is 2.71. The van der Waals surface area contributed by atoms with Crippen molar-refractivity contribution in [2.45, 2.75) is 25.9 Å². The number of non-ortho nitro benzene ring substituents is 1. The normalized spacial score (nSPS) is 11.2. The van der Waals surface area contributed by atoms with Gasteiger partial charge in [0.2, 0.25) is 5.91 Å². The van der Waals surface area contributed by atoms with Crippen LogP contribution in [0.1, 0.15) is 19.4 Å². The monoisotopic (exact) mass is 266 g/mol. The van der Waals surface area contributed by atoms with Crippen LogP contribution in [0.4, 0.5) is 5.69 Å². The van der Waals surface area contributed by atoms with Gasteiger partial charge < -0.3 is 10.0 Å². The number of benzene rings is 1. The number of nitrogens with zero attached hydrogens (tertiary/aromatic N) is 2. The van der Waals surface area contributed by atoms with Crippen LogP contribution in [0.5, 0.6) is 0 Å². The summed E-state index contributed by atoms with van der Waals surface area (Å²) in [7, 11) is 1.59. The first-order chi connectivity index (χ1) is 8.69. The number of hydrogen-bond donors (Lipinski definition) is 1. The minimum Gasteiger partial charge on any atom is -0.389 e. The van der Waals surface area contributed by atoms with Crippen LogP contribution in [0.3, 0.4) is 0 Å². The van der Waals surface area contributed by atoms with E-state index in [1.807, 2.05) is 0 Å². The Hall–Kier alpha value is -1.95. The van der Waals surface area contributed by atoms with Crippen LogP contribution in [-0.2, 0) is 11.2 Å². The fourth-order valence-electron chi connectivity index (χ4n) is 1.76. The van der Waals surface area contributed by atoms with E-state index in [0.29, 0.717) is 5.56 Å². The van der Waals surface area contributed by atoms with E-state index >= 15 is 0 Å². The number of hydrogen-bond acceptors (Lipinski definition) is 4. The summed E-state index contributed by atoms with van der Waals surface area (Å²) in [5.74, 6) is -0.192. The van der Waals surface area contributed by atoms with E-state index < -0.39 is 10.5 Å². The molecule has 0 spiro atoms. The van der Waals surface area contributed by atoms with E-state index in [9.17, 15) is 20.0 Å². The largest absolute Gasteiger partial charge is 0.389 e. The average molecular weight is 266 g/mol. The number of nitro groups is 1. The van der Waals surface area contributed by atoms with E-state index in [1.165, 1.54) is 17.0 Å². The smallest absolute Gasteiger partial charge is 0.269 e. The van der Waals surface area contributed by atoms with Crippen LogP contribution >= 0.6 is 0 Å². The number of rotatable bonds is 5. The minimum absolute atomic E-state index is 0.0320. The molecule has 0 aromatic heterocycles. The highest BCUT2D eigenvalue weighted by atomic mass is 16.6. The zero-order chi connectivity index (χ0) is 14.6. The quantitative estimate of drug-likeness (QED) is 0.644. The van der Waals surface area contributed by atoms with Crippen molar-refractivity contribution >= 4 is 11.6 Å². The van der Waals surface area contributed by atoms with Gasteiger partial charge in [0, 0.05) is 25.7 Å². The number of carbonyl (C=O) groups excluding carboxylic acids is 1. The Morgan fingerprint density at radius 3 is 2.63 bits per heavy atom. The van der Waals surface area contributed by atoms with Crippen LogP contribution < -0.4 is 0 Å². The molecule has 0 saturated heterocycles. The molecule has 0 saturated carbocycles. The van der Waals surface area contributed by atoms with Gasteiger partial charge in [-0.3, -0.25) is 14.9 Å². The molecular weight excluding hydrogens is 248 g/mol. The predicted molar refractivity (Wildman–Crippen MR) is 70.7 cm³/mol. The highest BCUT2D eigenvalue weighted by molar-refractivity contribution is 5.78. The number of carbonyl (C=O) groups is 1. The second-order valence-electron chi connectivity index (χ2n) is 5.17. The van der Waals surface area contributed by atoms with Gasteiger partial charge >= 0.3 is 0 Å². The SMILES string of the molecule is CN(CC(C)(C)O)C(=O)Cc1cccc([N+](=O)[O-])c1. The maximum absolute atomic E-state index is 11.9. The lowest BCUT2D eigenvalue weighted by molar-refractivity contribution is -0.384. The number of aliphatic hydroxyl groups is 1. The second kappa shape index (κ2) is 5.79. The highest BCUT2D eigenvalue weighted by Gasteiger charge is 2.19. The summed E-state index contributed by atoms with van der Waals surface area (Å²) in [6.07, 6.45) is 0.0776. The summed E-state index contributed by atoms with van der Waals surface area (Å²) < 4.78 is 0. The molecule has 0 radical (unpaired) electrons. The fourth-order valence-corrected chi connectivity index (χ4v) is 1.76. The van der Waals surface area contributed by atoms with Gasteiger partial charge in [-0.15, -0.1) is 0 Å². The summed E-state index contributed by atoms with van der Waals surface area (Å²) in [5.41, 5.74) is -0.412. The number of nitro benzene ring substituents is 1. The lowest BCUT2D eigenvalue weighted by Gasteiger charge is -2.25. The van der Waals surface area contributed by atoms with Gasteiger partial charge in [-0.1, -0.05) is 12.1 Å². The van der Waals surface area contributed by atoms with Crippen LogP contribution in [-0.4, -0.2) is 40.0 Å². The van der Waals surface area contributed by atoms with Crippen molar-refractivity contribution in [1.82, 2.24) is 4.90 Å². The molecular formula is C13H18N2O4. The van der Waals surface area contributed by atoms with Crippen molar-refractivity contribution < 1.29 is 14.8 Å². The van der Waals surface area contributed by atoms with Gasteiger partial charge in [-0.25, -0.2) is 0 Å². The standard InChI is InChI=1S/C13H18N2O4/c1-13(2,17)9-14(3)12(16)8-10-5-4-6-11(7-10)15(18)19/h4-7,17H,8-9H2,1-3H3. The van der Waals surface area contributed by atoms with Crippen LogP contribution in [0.25, 0.3) is 0 Å². The molecule has 1 rings (SSSR count). The van der Waals surface area contributed by atoms with E-state index in [0.717, 1.165) is 0 Å². The van der Waals surface area contributed by atoms with Gasteiger partial charge in [-0.05, 0) is 19.4 Å². The van der Waals surface area contributed by atoms with Crippen molar-refractivity contribution in [3.63, 3.8) is 0 Å². The molecule has 104 valence electrons. The van der Waals surface area contributed by atoms with Crippen molar-refractivity contribution in [2.24, 2.45) is 0 Å². The molecule has 1 aromatic carbocycles. The lowest BCUT2D eigenvalue weighted by atomic mass is 10.1. The third-order valence-electron chi connectivity index (χ3n) is 2.53. The molecule has 0 fully saturated rings. The van der Waals surface area contributed by atoms with Gasteiger partial charge in [0.15, 0.2) is 0 Å². The van der Waals surface area contributed by atoms with Gasteiger partial charge in [0.05, 0.1) is 16.9 Å². The molecule has 0 bridgehead atoms. The van der Waals surface area contributed by atoms with Crippen molar-refractivity contribution in [1.29, 1.82) is 0 Å². The van der Waals surface area contributed by atoms with Crippen molar-refractivity contribution in [2.75, 3.05) is 13.6 Å². The molecule has 0 aliphatic carbocycles. The first-order valence-electron chi connectivity index (χ1n) is 5.89. The molecule has 1 N–H and O–H groups in total. The Morgan fingerprint density at radius 2 is 2.11 bits per heavy atom. The first-order valence-corrected chi connectivity index (χ1v) is 5.89. The third kappa shape index (κ3) is 5.05. The molecule has 0 unspecified atom stereocenters. The topological polar surface area (TPSA) is 83.7 Å². The average Bonchev–Trinajstić information content (AvgIpc) is 2.27. The summed E-state index contributed by atoms with van der Waals surface area (Å²) >= 11 is 0. The van der Waals surface area contributed by atoms with Crippen LogP contribution in [0.15, 0.2) is 24.3 Å². The molecule has 6 nitrogen and oxygen atoms in total. The fraction of sp³-hybridized carbons (Fsp3) is 0.462. The summed E-state index contributed by atoms with van der Waals surface area (Å²) in [4.78, 5) is 23.5. The molecule has 0 heterocycles. The summed E-state index contributed by atoms with van der Waals surface area (Å²) in [5, 5.41) is 20.3. The van der Waals surface area contributed by atoms with Gasteiger partial charge in [0.1, 0.15) is 0 Å². The lowest BCUT2D eigenvalue weighted by Crippen LogP contribution is -2.40. The van der Waals surface area contributed by atoms with E-state index in [2.05, 4.69) is 0 Å². The van der Waals surface area contributed by atoms with Crippen LogP contribution in [0, 0.1) is 10.1 Å². The summed E-state index contributed by atoms with van der Waals surface area (Å²) in [6, 6.07) is 5.99. The molecule has 0 atom stereocenters. The van der Waals surface area contributed by atoms with E-state index in [4.69, 9.17) is 0 Å². The Labute approximate surface area is 111 Å². The number of amides is 1. The zero-order valence-electron chi connectivity index (χ0n) is 11.3.